The zero-order valence-corrected chi connectivity index (χ0v) is 13.3. The van der Waals surface area contributed by atoms with Gasteiger partial charge in [-0.3, -0.25) is 9.67 Å². The maximum atomic E-state index is 4.62. The molecule has 0 aliphatic heterocycles. The van der Waals surface area contributed by atoms with E-state index in [9.17, 15) is 0 Å². The van der Waals surface area contributed by atoms with Gasteiger partial charge in [-0.05, 0) is 55.9 Å². The Balaban J connectivity index is 2.51. The van der Waals surface area contributed by atoms with Gasteiger partial charge in [0.2, 0.25) is 0 Å². The van der Waals surface area contributed by atoms with Gasteiger partial charge in [0.1, 0.15) is 0 Å². The van der Waals surface area contributed by atoms with E-state index in [1.807, 2.05) is 43.0 Å². The topological polar surface area (TPSA) is 42.7 Å². The molecule has 0 bridgehead atoms. The van der Waals surface area contributed by atoms with Crippen molar-refractivity contribution in [1.82, 2.24) is 20.1 Å². The molecule has 1 atom stereocenters. The summed E-state index contributed by atoms with van der Waals surface area (Å²) in [5.74, 6) is 0. The summed E-state index contributed by atoms with van der Waals surface area (Å²) >= 11 is 3.59. The highest BCUT2D eigenvalue weighted by atomic mass is 79.9. The highest BCUT2D eigenvalue weighted by Crippen LogP contribution is 2.29. The van der Waals surface area contributed by atoms with Crippen molar-refractivity contribution < 1.29 is 0 Å². The first-order valence-corrected chi connectivity index (χ1v) is 7.17. The van der Waals surface area contributed by atoms with Crippen molar-refractivity contribution in [3.63, 3.8) is 0 Å². The minimum absolute atomic E-state index is 0.0270. The minimum atomic E-state index is 0.0270. The molecular formula is C14H19BrN4. The second-order valence-corrected chi connectivity index (χ2v) is 5.70. The van der Waals surface area contributed by atoms with Gasteiger partial charge >= 0.3 is 0 Å². The monoisotopic (exact) mass is 322 g/mol. The van der Waals surface area contributed by atoms with Gasteiger partial charge in [-0.15, -0.1) is 0 Å². The molecule has 0 aliphatic rings. The summed E-state index contributed by atoms with van der Waals surface area (Å²) in [5.41, 5.74) is 3.13. The SMILES string of the molecule is CNC(c1cccc(C)n1)c1c(Br)cnn1C(C)C. The molecular weight excluding hydrogens is 304 g/mol. The van der Waals surface area contributed by atoms with Crippen LogP contribution in [0.3, 0.4) is 0 Å². The van der Waals surface area contributed by atoms with Gasteiger partial charge in [-0.1, -0.05) is 6.07 Å². The summed E-state index contributed by atoms with van der Waals surface area (Å²) in [5, 5.41) is 7.76. The number of nitrogens with one attached hydrogen (secondary N) is 1. The predicted octanol–water partition coefficient (Wildman–Crippen LogP) is 3.24. The molecule has 0 amide bonds. The molecule has 0 aromatic carbocycles. The van der Waals surface area contributed by atoms with E-state index in [4.69, 9.17) is 0 Å². The number of nitrogens with zero attached hydrogens (tertiary/aromatic N) is 3. The smallest absolute Gasteiger partial charge is 0.0931 e. The van der Waals surface area contributed by atoms with Crippen molar-refractivity contribution in [2.24, 2.45) is 0 Å². The molecule has 0 fully saturated rings. The fourth-order valence-electron chi connectivity index (χ4n) is 2.18. The Kier molecular flexibility index (Phi) is 4.37. The molecule has 4 nitrogen and oxygen atoms in total. The lowest BCUT2D eigenvalue weighted by Crippen LogP contribution is -2.24. The highest BCUT2D eigenvalue weighted by Gasteiger charge is 2.22. The standard InChI is InChI=1S/C14H19BrN4/c1-9(2)19-14(11(15)8-17-19)13(16-4)12-7-5-6-10(3)18-12/h5-9,13,16H,1-4H3. The Bertz CT molecular complexity index is 562. The van der Waals surface area contributed by atoms with E-state index in [1.165, 1.54) is 0 Å². The molecule has 0 aliphatic carbocycles. The van der Waals surface area contributed by atoms with Crippen molar-refractivity contribution in [2.45, 2.75) is 32.9 Å². The van der Waals surface area contributed by atoms with Crippen LogP contribution in [0.1, 0.15) is 43.0 Å². The summed E-state index contributed by atoms with van der Waals surface area (Å²) in [6, 6.07) is 6.41. The maximum Gasteiger partial charge on any atom is 0.0931 e. The van der Waals surface area contributed by atoms with Gasteiger partial charge in [0, 0.05) is 11.7 Å². The van der Waals surface area contributed by atoms with Crippen molar-refractivity contribution in [1.29, 1.82) is 0 Å². The number of hydrogen-bond acceptors (Lipinski definition) is 3. The van der Waals surface area contributed by atoms with Crippen LogP contribution in [-0.4, -0.2) is 21.8 Å². The second kappa shape index (κ2) is 5.84. The molecule has 2 aromatic rings. The van der Waals surface area contributed by atoms with Crippen molar-refractivity contribution in [3.8, 4) is 0 Å². The normalized spacial score (nSPS) is 12.9. The molecule has 1 unspecified atom stereocenters. The third-order valence-electron chi connectivity index (χ3n) is 3.04. The van der Waals surface area contributed by atoms with Crippen LogP contribution < -0.4 is 5.32 Å². The lowest BCUT2D eigenvalue weighted by molar-refractivity contribution is 0.480. The van der Waals surface area contributed by atoms with Crippen molar-refractivity contribution in [2.75, 3.05) is 7.05 Å². The van der Waals surface area contributed by atoms with Crippen molar-refractivity contribution in [3.05, 3.63) is 46.0 Å². The zero-order valence-electron chi connectivity index (χ0n) is 11.7. The summed E-state index contributed by atoms with van der Waals surface area (Å²) in [6.07, 6.45) is 1.84. The first-order chi connectivity index (χ1) is 9.04. The fraction of sp³-hybridized carbons (Fsp3) is 0.429. The van der Waals surface area contributed by atoms with Crippen LogP contribution in [0, 0.1) is 6.92 Å². The molecule has 0 spiro atoms. The Morgan fingerprint density at radius 1 is 1.32 bits per heavy atom. The van der Waals surface area contributed by atoms with Crippen LogP contribution in [0.4, 0.5) is 0 Å². The highest BCUT2D eigenvalue weighted by molar-refractivity contribution is 9.10. The molecule has 19 heavy (non-hydrogen) atoms. The number of aryl methyl sites for hydroxylation is 1. The van der Waals surface area contributed by atoms with Crippen LogP contribution in [0.2, 0.25) is 0 Å². The van der Waals surface area contributed by atoms with E-state index < -0.39 is 0 Å². The van der Waals surface area contributed by atoms with Crippen LogP contribution in [0.15, 0.2) is 28.9 Å². The van der Waals surface area contributed by atoms with Crippen LogP contribution in [0.25, 0.3) is 0 Å². The van der Waals surface area contributed by atoms with Crippen LogP contribution in [0.5, 0.6) is 0 Å². The van der Waals surface area contributed by atoms with Crippen LogP contribution in [-0.2, 0) is 0 Å². The average Bonchev–Trinajstić information content (AvgIpc) is 2.73. The third-order valence-corrected chi connectivity index (χ3v) is 3.65. The summed E-state index contributed by atoms with van der Waals surface area (Å²) in [7, 11) is 1.94. The number of pyridine rings is 1. The van der Waals surface area contributed by atoms with Gasteiger partial charge in [0.05, 0.1) is 28.1 Å². The van der Waals surface area contributed by atoms with E-state index >= 15 is 0 Å². The molecule has 0 radical (unpaired) electrons. The summed E-state index contributed by atoms with van der Waals surface area (Å²) < 4.78 is 3.03. The summed E-state index contributed by atoms with van der Waals surface area (Å²) in [4.78, 5) is 4.62. The van der Waals surface area contributed by atoms with Gasteiger partial charge < -0.3 is 5.32 Å². The molecule has 0 saturated heterocycles. The van der Waals surface area contributed by atoms with E-state index in [0.29, 0.717) is 6.04 Å². The minimum Gasteiger partial charge on any atom is -0.307 e. The molecule has 0 saturated carbocycles. The quantitative estimate of drug-likeness (QED) is 0.939. The van der Waals surface area contributed by atoms with Crippen LogP contribution >= 0.6 is 15.9 Å². The largest absolute Gasteiger partial charge is 0.307 e. The van der Waals surface area contributed by atoms with E-state index in [2.05, 4.69) is 45.2 Å². The van der Waals surface area contributed by atoms with E-state index in [1.54, 1.807) is 0 Å². The van der Waals surface area contributed by atoms with E-state index in [-0.39, 0.29) is 6.04 Å². The van der Waals surface area contributed by atoms with Gasteiger partial charge in [0.25, 0.3) is 0 Å². The maximum absolute atomic E-state index is 4.62. The number of aromatic nitrogens is 3. The second-order valence-electron chi connectivity index (χ2n) is 4.84. The van der Waals surface area contributed by atoms with Gasteiger partial charge in [-0.2, -0.15) is 5.10 Å². The molecule has 2 heterocycles. The number of halogens is 1. The van der Waals surface area contributed by atoms with Gasteiger partial charge in [-0.25, -0.2) is 0 Å². The Morgan fingerprint density at radius 2 is 2.05 bits per heavy atom. The Labute approximate surface area is 122 Å². The Morgan fingerprint density at radius 3 is 2.63 bits per heavy atom. The number of hydrogen-bond donors (Lipinski definition) is 1. The number of rotatable bonds is 4. The average molecular weight is 323 g/mol. The third kappa shape index (κ3) is 2.87. The first kappa shape index (κ1) is 14.2. The lowest BCUT2D eigenvalue weighted by atomic mass is 10.1. The molecule has 2 aromatic heterocycles. The molecule has 5 heteroatoms. The van der Waals surface area contributed by atoms with E-state index in [0.717, 1.165) is 21.6 Å². The zero-order chi connectivity index (χ0) is 14.0. The van der Waals surface area contributed by atoms with Gasteiger partial charge in [0.15, 0.2) is 0 Å². The molecule has 2 rings (SSSR count). The predicted molar refractivity (Wildman–Crippen MR) is 80.2 cm³/mol. The molecule has 102 valence electrons. The Hall–Kier alpha value is -1.20. The summed E-state index contributed by atoms with van der Waals surface area (Å²) in [6.45, 7) is 6.25. The first-order valence-electron chi connectivity index (χ1n) is 6.38. The van der Waals surface area contributed by atoms with Crippen molar-refractivity contribution >= 4 is 15.9 Å². The molecule has 1 N–H and O–H groups in total. The fourth-order valence-corrected chi connectivity index (χ4v) is 2.68. The lowest BCUT2D eigenvalue weighted by Gasteiger charge is -2.20.